The van der Waals surface area contributed by atoms with Crippen molar-refractivity contribution in [3.63, 3.8) is 0 Å². The first kappa shape index (κ1) is 22.5. The van der Waals surface area contributed by atoms with Gasteiger partial charge in [-0.05, 0) is 43.5 Å². The molecule has 32 heavy (non-hydrogen) atoms. The lowest BCUT2D eigenvalue weighted by atomic mass is 10.0. The third-order valence-electron chi connectivity index (χ3n) is 5.58. The Morgan fingerprint density at radius 3 is 2.44 bits per heavy atom. The molecule has 0 spiro atoms. The van der Waals surface area contributed by atoms with Gasteiger partial charge in [0.15, 0.2) is 5.65 Å². The summed E-state index contributed by atoms with van der Waals surface area (Å²) in [7, 11) is -2.11. The molecule has 1 fully saturated rings. The maximum absolute atomic E-state index is 12.8. The Hall–Kier alpha value is -2.72. The number of sulfonamides is 1. The molecule has 1 aromatic carbocycles. The van der Waals surface area contributed by atoms with Crippen LogP contribution in [0.2, 0.25) is 0 Å². The summed E-state index contributed by atoms with van der Waals surface area (Å²) in [5, 5.41) is 1.16. The highest BCUT2D eigenvalue weighted by atomic mass is 32.2. The number of anilines is 2. The van der Waals surface area contributed by atoms with Crippen molar-refractivity contribution < 1.29 is 8.42 Å². The Morgan fingerprint density at radius 1 is 1.12 bits per heavy atom. The van der Waals surface area contributed by atoms with E-state index in [1.165, 1.54) is 10.9 Å². The molecule has 0 unspecified atom stereocenters. The Bertz CT molecular complexity index is 1340. The molecule has 3 aromatic rings. The standard InChI is InChI=1S/C22H27N5O3S2/c1-15-11-16(2)19(17(3)12-15)5-10-32(29,30)24-18-13-23-21-20(26-6-8-31-9-7-26)22(28)25(4)27(21)14-18/h5,10-14,24H,6-9H2,1-4H3. The summed E-state index contributed by atoms with van der Waals surface area (Å²) >= 11 is 1.86. The van der Waals surface area contributed by atoms with Gasteiger partial charge in [0.05, 0.1) is 23.5 Å². The molecule has 0 aliphatic carbocycles. The van der Waals surface area contributed by atoms with E-state index < -0.39 is 10.0 Å². The molecule has 0 atom stereocenters. The first-order chi connectivity index (χ1) is 15.2. The average Bonchev–Trinajstić information content (AvgIpc) is 2.97. The van der Waals surface area contributed by atoms with Gasteiger partial charge in [-0.2, -0.15) is 11.8 Å². The molecule has 0 bridgehead atoms. The lowest BCUT2D eigenvalue weighted by molar-refractivity contribution is 0.609. The summed E-state index contributed by atoms with van der Waals surface area (Å²) in [5.74, 6) is 1.93. The molecule has 0 amide bonds. The zero-order valence-electron chi connectivity index (χ0n) is 18.6. The van der Waals surface area contributed by atoms with Crippen LogP contribution in [0, 0.1) is 20.8 Å². The Balaban J connectivity index is 1.63. The number of rotatable bonds is 5. The van der Waals surface area contributed by atoms with Crippen molar-refractivity contribution in [2.45, 2.75) is 20.8 Å². The van der Waals surface area contributed by atoms with Gasteiger partial charge in [0.2, 0.25) is 0 Å². The van der Waals surface area contributed by atoms with Crippen LogP contribution in [0.3, 0.4) is 0 Å². The SMILES string of the molecule is Cc1cc(C)c(C=CS(=O)(=O)Nc2cnc3c(N4CCSCC4)c(=O)n(C)n3c2)c(C)c1. The minimum atomic E-state index is -3.77. The lowest BCUT2D eigenvalue weighted by Crippen LogP contribution is -2.35. The van der Waals surface area contributed by atoms with Gasteiger partial charge < -0.3 is 4.90 Å². The highest BCUT2D eigenvalue weighted by molar-refractivity contribution is 7.99. The van der Waals surface area contributed by atoms with Gasteiger partial charge in [-0.25, -0.2) is 22.6 Å². The number of aromatic nitrogens is 3. The largest absolute Gasteiger partial charge is 0.362 e. The van der Waals surface area contributed by atoms with Crippen molar-refractivity contribution in [3.8, 4) is 0 Å². The Kier molecular flexibility index (Phi) is 6.09. The lowest BCUT2D eigenvalue weighted by Gasteiger charge is -2.26. The molecule has 170 valence electrons. The number of benzene rings is 1. The van der Waals surface area contributed by atoms with Gasteiger partial charge in [0.1, 0.15) is 5.69 Å². The molecular weight excluding hydrogens is 446 g/mol. The van der Waals surface area contributed by atoms with E-state index in [1.54, 1.807) is 23.8 Å². The van der Waals surface area contributed by atoms with E-state index in [1.807, 2.05) is 44.7 Å². The Labute approximate surface area is 192 Å². The quantitative estimate of drug-likeness (QED) is 0.613. The van der Waals surface area contributed by atoms with Gasteiger partial charge in [0.25, 0.3) is 15.6 Å². The van der Waals surface area contributed by atoms with Crippen LogP contribution in [0.15, 0.2) is 34.7 Å². The van der Waals surface area contributed by atoms with Crippen molar-refractivity contribution in [2.24, 2.45) is 7.05 Å². The van der Waals surface area contributed by atoms with Crippen LogP contribution in [-0.2, 0) is 17.1 Å². The third-order valence-corrected chi connectivity index (χ3v) is 7.53. The van der Waals surface area contributed by atoms with E-state index in [-0.39, 0.29) is 11.2 Å². The molecule has 1 aliphatic rings. The Morgan fingerprint density at radius 2 is 1.78 bits per heavy atom. The van der Waals surface area contributed by atoms with Crippen LogP contribution in [0.5, 0.6) is 0 Å². The van der Waals surface area contributed by atoms with Gasteiger partial charge in [0, 0.05) is 31.6 Å². The first-order valence-electron chi connectivity index (χ1n) is 10.3. The second-order valence-corrected chi connectivity index (χ2v) is 10.8. The topological polar surface area (TPSA) is 88.7 Å². The monoisotopic (exact) mass is 473 g/mol. The summed E-state index contributed by atoms with van der Waals surface area (Å²) < 4.78 is 31.0. The fourth-order valence-corrected chi connectivity index (χ4v) is 5.81. The number of thioether (sulfide) groups is 1. The molecule has 4 rings (SSSR count). The highest BCUT2D eigenvalue weighted by Gasteiger charge is 2.22. The maximum atomic E-state index is 12.8. The number of hydrogen-bond donors (Lipinski definition) is 1. The normalized spacial score (nSPS) is 15.1. The van der Waals surface area contributed by atoms with Crippen LogP contribution in [0.25, 0.3) is 11.7 Å². The second-order valence-electron chi connectivity index (χ2n) is 8.05. The minimum absolute atomic E-state index is 0.144. The van der Waals surface area contributed by atoms with Crippen LogP contribution in [0.4, 0.5) is 11.4 Å². The summed E-state index contributed by atoms with van der Waals surface area (Å²) in [6.45, 7) is 7.52. The predicted molar refractivity (Wildman–Crippen MR) is 132 cm³/mol. The zero-order chi connectivity index (χ0) is 23.0. The number of nitrogens with zero attached hydrogens (tertiary/aromatic N) is 4. The molecule has 1 N–H and O–H groups in total. The molecule has 1 saturated heterocycles. The highest BCUT2D eigenvalue weighted by Crippen LogP contribution is 2.22. The van der Waals surface area contributed by atoms with E-state index in [0.29, 0.717) is 11.3 Å². The summed E-state index contributed by atoms with van der Waals surface area (Å²) in [6, 6.07) is 4.05. The summed E-state index contributed by atoms with van der Waals surface area (Å²) in [6.07, 6.45) is 4.64. The second kappa shape index (κ2) is 8.67. The smallest absolute Gasteiger partial charge is 0.292 e. The molecule has 10 heteroatoms. The molecule has 0 radical (unpaired) electrons. The molecule has 3 heterocycles. The number of hydrogen-bond acceptors (Lipinski definition) is 6. The van der Waals surface area contributed by atoms with Gasteiger partial charge in [-0.3, -0.25) is 9.52 Å². The van der Waals surface area contributed by atoms with Crippen LogP contribution >= 0.6 is 11.8 Å². The molecular formula is C22H27N5O3S2. The number of aryl methyl sites for hydroxylation is 4. The van der Waals surface area contributed by atoms with E-state index >= 15 is 0 Å². The van der Waals surface area contributed by atoms with Crippen molar-refractivity contribution in [2.75, 3.05) is 34.2 Å². The van der Waals surface area contributed by atoms with Gasteiger partial charge in [-0.1, -0.05) is 17.7 Å². The van der Waals surface area contributed by atoms with E-state index in [9.17, 15) is 13.2 Å². The van der Waals surface area contributed by atoms with Crippen LogP contribution in [0.1, 0.15) is 22.3 Å². The van der Waals surface area contributed by atoms with E-state index in [4.69, 9.17) is 0 Å². The van der Waals surface area contributed by atoms with Crippen molar-refractivity contribution in [1.29, 1.82) is 0 Å². The van der Waals surface area contributed by atoms with Crippen LogP contribution < -0.4 is 15.2 Å². The van der Waals surface area contributed by atoms with Crippen molar-refractivity contribution in [3.05, 3.63) is 62.5 Å². The van der Waals surface area contributed by atoms with Crippen molar-refractivity contribution in [1.82, 2.24) is 14.2 Å². The number of fused-ring (bicyclic) bond motifs is 1. The molecule has 2 aromatic heterocycles. The number of nitrogens with one attached hydrogen (secondary N) is 1. The third kappa shape index (κ3) is 4.42. The summed E-state index contributed by atoms with van der Waals surface area (Å²) in [4.78, 5) is 19.3. The van der Waals surface area contributed by atoms with E-state index in [2.05, 4.69) is 14.6 Å². The minimum Gasteiger partial charge on any atom is -0.362 e. The van der Waals surface area contributed by atoms with Crippen LogP contribution in [-0.4, -0.2) is 47.2 Å². The first-order valence-corrected chi connectivity index (χ1v) is 13.1. The molecule has 8 nitrogen and oxygen atoms in total. The average molecular weight is 474 g/mol. The van der Waals surface area contributed by atoms with Crippen molar-refractivity contribution >= 4 is 44.9 Å². The summed E-state index contributed by atoms with van der Waals surface area (Å²) in [5.41, 5.74) is 5.27. The predicted octanol–water partition coefficient (Wildman–Crippen LogP) is 2.92. The van der Waals surface area contributed by atoms with Gasteiger partial charge in [-0.15, -0.1) is 0 Å². The van der Waals surface area contributed by atoms with E-state index in [0.717, 1.165) is 52.3 Å². The fraction of sp³-hybridized carbons (Fsp3) is 0.364. The maximum Gasteiger partial charge on any atom is 0.292 e. The molecule has 0 saturated carbocycles. The fourth-order valence-electron chi connectivity index (χ4n) is 4.09. The zero-order valence-corrected chi connectivity index (χ0v) is 20.3. The molecule has 1 aliphatic heterocycles. The van der Waals surface area contributed by atoms with Gasteiger partial charge >= 0.3 is 0 Å².